The van der Waals surface area contributed by atoms with E-state index in [0.717, 1.165) is 0 Å². The zero-order valence-electron chi connectivity index (χ0n) is 9.64. The molecule has 0 spiro atoms. The molecule has 2 rings (SSSR count). The molecule has 0 saturated carbocycles. The van der Waals surface area contributed by atoms with Crippen LogP contribution in [0, 0.1) is 0 Å². The minimum atomic E-state index is -0.313. The third-order valence-corrected chi connectivity index (χ3v) is 2.65. The monoisotopic (exact) mass is 250 g/mol. The van der Waals surface area contributed by atoms with Gasteiger partial charge < -0.3 is 16.1 Å². The van der Waals surface area contributed by atoms with Gasteiger partial charge in [-0.05, 0) is 18.6 Å². The quantitative estimate of drug-likeness (QED) is 0.393. The molecule has 1 aliphatic rings. The van der Waals surface area contributed by atoms with Crippen molar-refractivity contribution >= 4 is 17.6 Å². The highest BCUT2D eigenvalue weighted by Crippen LogP contribution is 2.05. The number of nitrogens with zero attached hydrogens (tertiary/aromatic N) is 2. The molecule has 0 radical (unpaired) electrons. The van der Waals surface area contributed by atoms with Crippen LogP contribution in [-0.4, -0.2) is 34.6 Å². The number of piperidine rings is 1. The van der Waals surface area contributed by atoms with Crippen LogP contribution in [0.1, 0.15) is 23.3 Å². The van der Waals surface area contributed by atoms with E-state index in [9.17, 15) is 9.59 Å². The van der Waals surface area contributed by atoms with Crippen LogP contribution in [-0.2, 0) is 4.79 Å². The molecule has 8 heteroatoms. The molecule has 1 aromatic heterocycles. The maximum absolute atomic E-state index is 11.8. The number of hydrazine groups is 1. The predicted molar refractivity (Wildman–Crippen MR) is 63.3 cm³/mol. The summed E-state index contributed by atoms with van der Waals surface area (Å²) in [7, 11) is 0. The Labute approximate surface area is 103 Å². The fraction of sp³-hybridized carbons (Fsp3) is 0.400. The lowest BCUT2D eigenvalue weighted by molar-refractivity contribution is -0.122. The fourth-order valence-corrected chi connectivity index (χ4v) is 1.65. The van der Waals surface area contributed by atoms with Gasteiger partial charge in [0.05, 0.1) is 0 Å². The van der Waals surface area contributed by atoms with Gasteiger partial charge in [0.2, 0.25) is 5.91 Å². The van der Waals surface area contributed by atoms with Crippen molar-refractivity contribution in [3.05, 3.63) is 17.8 Å². The van der Waals surface area contributed by atoms with Crippen molar-refractivity contribution in [1.82, 2.24) is 20.8 Å². The summed E-state index contributed by atoms with van der Waals surface area (Å²) < 4.78 is 0. The topological polar surface area (TPSA) is 122 Å². The number of nitrogens with one attached hydrogen (secondary N) is 3. The van der Waals surface area contributed by atoms with Gasteiger partial charge >= 0.3 is 0 Å². The summed E-state index contributed by atoms with van der Waals surface area (Å²) in [5.41, 5.74) is 2.54. The van der Waals surface area contributed by atoms with Gasteiger partial charge in [-0.3, -0.25) is 9.59 Å². The SMILES string of the molecule is NNc1ccc(C(=O)NC2CCC(=O)NC2)nn1. The van der Waals surface area contributed by atoms with Gasteiger partial charge in [0.15, 0.2) is 11.5 Å². The second-order valence-corrected chi connectivity index (χ2v) is 3.96. The summed E-state index contributed by atoms with van der Waals surface area (Å²) in [4.78, 5) is 22.8. The van der Waals surface area contributed by atoms with E-state index in [1.807, 2.05) is 0 Å². The number of nitrogen functional groups attached to an aromatic ring is 1. The number of nitrogens with two attached hydrogens (primary N) is 1. The molecule has 1 saturated heterocycles. The number of amides is 2. The number of carbonyl (C=O) groups is 2. The highest BCUT2D eigenvalue weighted by molar-refractivity contribution is 5.92. The maximum atomic E-state index is 11.8. The average molecular weight is 250 g/mol. The number of rotatable bonds is 3. The number of aromatic nitrogens is 2. The van der Waals surface area contributed by atoms with Crippen LogP contribution in [0.2, 0.25) is 0 Å². The van der Waals surface area contributed by atoms with Crippen molar-refractivity contribution in [1.29, 1.82) is 0 Å². The first-order chi connectivity index (χ1) is 8.69. The van der Waals surface area contributed by atoms with Crippen LogP contribution < -0.4 is 21.9 Å². The molecule has 2 heterocycles. The molecule has 18 heavy (non-hydrogen) atoms. The van der Waals surface area contributed by atoms with E-state index in [0.29, 0.717) is 25.2 Å². The summed E-state index contributed by atoms with van der Waals surface area (Å²) in [5.74, 6) is 5.23. The van der Waals surface area contributed by atoms with Crippen LogP contribution in [0.25, 0.3) is 0 Å². The number of hydrogen-bond donors (Lipinski definition) is 4. The van der Waals surface area contributed by atoms with Gasteiger partial charge in [-0.1, -0.05) is 0 Å². The van der Waals surface area contributed by atoms with Crippen molar-refractivity contribution < 1.29 is 9.59 Å². The Bertz CT molecular complexity index is 436. The Balaban J connectivity index is 1.92. The minimum absolute atomic E-state index is 0.0127. The van der Waals surface area contributed by atoms with Crippen molar-refractivity contribution in [2.24, 2.45) is 5.84 Å². The molecule has 1 aliphatic heterocycles. The van der Waals surface area contributed by atoms with E-state index in [1.165, 1.54) is 6.07 Å². The van der Waals surface area contributed by atoms with E-state index in [-0.39, 0.29) is 23.6 Å². The van der Waals surface area contributed by atoms with Gasteiger partial charge in [-0.2, -0.15) is 0 Å². The highest BCUT2D eigenvalue weighted by Gasteiger charge is 2.20. The van der Waals surface area contributed by atoms with Crippen LogP contribution >= 0.6 is 0 Å². The number of hydrogen-bond acceptors (Lipinski definition) is 6. The van der Waals surface area contributed by atoms with Crippen LogP contribution in [0.3, 0.4) is 0 Å². The molecule has 1 fully saturated rings. The van der Waals surface area contributed by atoms with E-state index >= 15 is 0 Å². The Hall–Kier alpha value is -2.22. The van der Waals surface area contributed by atoms with E-state index in [2.05, 4.69) is 26.3 Å². The second-order valence-electron chi connectivity index (χ2n) is 3.96. The average Bonchev–Trinajstić information content (AvgIpc) is 2.41. The van der Waals surface area contributed by atoms with Crippen LogP contribution in [0.15, 0.2) is 12.1 Å². The standard InChI is InChI=1S/C10H14N6O2/c11-14-8-3-2-7(15-16-8)10(18)13-6-1-4-9(17)12-5-6/h2-3,6H,1,4-5,11H2,(H,12,17)(H,13,18)(H,14,16). The first-order valence-electron chi connectivity index (χ1n) is 5.57. The smallest absolute Gasteiger partial charge is 0.272 e. The molecule has 96 valence electrons. The summed E-state index contributed by atoms with van der Waals surface area (Å²) in [6, 6.07) is 3.02. The molecule has 0 aromatic carbocycles. The molecule has 1 unspecified atom stereocenters. The Morgan fingerprint density at radius 2 is 2.28 bits per heavy atom. The Kier molecular flexibility index (Phi) is 3.68. The van der Waals surface area contributed by atoms with E-state index in [4.69, 9.17) is 5.84 Å². The summed E-state index contributed by atoms with van der Waals surface area (Å²) in [5, 5.41) is 12.9. The summed E-state index contributed by atoms with van der Waals surface area (Å²) in [6.07, 6.45) is 1.06. The molecule has 0 aliphatic carbocycles. The third kappa shape index (κ3) is 2.92. The lowest BCUT2D eigenvalue weighted by atomic mass is 10.1. The van der Waals surface area contributed by atoms with Gasteiger partial charge in [0.25, 0.3) is 5.91 Å². The third-order valence-electron chi connectivity index (χ3n) is 2.65. The van der Waals surface area contributed by atoms with Gasteiger partial charge in [0.1, 0.15) is 0 Å². The lowest BCUT2D eigenvalue weighted by Crippen LogP contribution is -2.47. The minimum Gasteiger partial charge on any atom is -0.354 e. The molecule has 0 bridgehead atoms. The highest BCUT2D eigenvalue weighted by atomic mass is 16.2. The van der Waals surface area contributed by atoms with Crippen molar-refractivity contribution in [2.75, 3.05) is 12.0 Å². The maximum Gasteiger partial charge on any atom is 0.272 e. The first kappa shape index (κ1) is 12.2. The first-order valence-corrected chi connectivity index (χ1v) is 5.57. The molecular formula is C10H14N6O2. The largest absolute Gasteiger partial charge is 0.354 e. The summed E-state index contributed by atoms with van der Waals surface area (Å²) in [6.45, 7) is 0.445. The van der Waals surface area contributed by atoms with Crippen LogP contribution in [0.5, 0.6) is 0 Å². The molecule has 8 nitrogen and oxygen atoms in total. The lowest BCUT2D eigenvalue weighted by Gasteiger charge is -2.23. The number of anilines is 1. The van der Waals surface area contributed by atoms with Crippen LogP contribution in [0.4, 0.5) is 5.82 Å². The normalized spacial score (nSPS) is 18.9. The Morgan fingerprint density at radius 3 is 2.83 bits per heavy atom. The molecule has 5 N–H and O–H groups in total. The molecule has 1 atom stereocenters. The zero-order chi connectivity index (χ0) is 13.0. The van der Waals surface area contributed by atoms with Gasteiger partial charge in [0, 0.05) is 19.0 Å². The van der Waals surface area contributed by atoms with Gasteiger partial charge in [-0.25, -0.2) is 5.84 Å². The van der Waals surface area contributed by atoms with Crippen molar-refractivity contribution in [3.63, 3.8) is 0 Å². The van der Waals surface area contributed by atoms with E-state index in [1.54, 1.807) is 6.07 Å². The molecule has 1 aromatic rings. The zero-order valence-corrected chi connectivity index (χ0v) is 9.64. The molecule has 2 amide bonds. The van der Waals surface area contributed by atoms with Crippen molar-refractivity contribution in [3.8, 4) is 0 Å². The van der Waals surface area contributed by atoms with Gasteiger partial charge in [-0.15, -0.1) is 10.2 Å². The predicted octanol–water partition coefficient (Wildman–Crippen LogP) is -1.23. The molecular weight excluding hydrogens is 236 g/mol. The Morgan fingerprint density at radius 1 is 1.44 bits per heavy atom. The van der Waals surface area contributed by atoms with E-state index < -0.39 is 0 Å². The number of carbonyl (C=O) groups excluding carboxylic acids is 2. The van der Waals surface area contributed by atoms with Crippen molar-refractivity contribution in [2.45, 2.75) is 18.9 Å². The second kappa shape index (κ2) is 5.41. The fourth-order valence-electron chi connectivity index (χ4n) is 1.65. The summed E-state index contributed by atoms with van der Waals surface area (Å²) >= 11 is 0.